The Labute approximate surface area is 216 Å². The Balaban J connectivity index is 1.60. The maximum atomic E-state index is 13.3. The van der Waals surface area contributed by atoms with E-state index in [1.165, 1.54) is 21.3 Å². The van der Waals surface area contributed by atoms with Gasteiger partial charge in [0.05, 0.1) is 39.0 Å². The summed E-state index contributed by atoms with van der Waals surface area (Å²) in [6.45, 7) is 7.84. The van der Waals surface area contributed by atoms with E-state index >= 15 is 0 Å². The maximum Gasteiger partial charge on any atom is 0.360 e. The number of anilines is 1. The van der Waals surface area contributed by atoms with E-state index in [4.69, 9.17) is 23.9 Å². The number of methoxy groups -OCH3 is 3. The number of carbonyl (C=O) groups excluding carboxylic acids is 2. The third-order valence-electron chi connectivity index (χ3n) is 6.51. The molecule has 0 N–H and O–H groups in total. The van der Waals surface area contributed by atoms with Crippen LogP contribution in [-0.2, 0) is 4.74 Å². The molecule has 2 heterocycles. The van der Waals surface area contributed by atoms with Crippen LogP contribution in [0.25, 0.3) is 11.0 Å². The lowest BCUT2D eigenvalue weighted by Gasteiger charge is -2.36. The number of hydrogen-bond donors (Lipinski definition) is 0. The van der Waals surface area contributed by atoms with E-state index in [2.05, 4.69) is 4.98 Å². The molecule has 0 atom stereocenters. The number of aryl methyl sites for hydroxylation is 2. The first-order valence-corrected chi connectivity index (χ1v) is 12.1. The molecule has 1 amide bonds. The zero-order chi connectivity index (χ0) is 26.7. The molecule has 196 valence electrons. The van der Waals surface area contributed by atoms with Gasteiger partial charge < -0.3 is 28.7 Å². The van der Waals surface area contributed by atoms with Crippen LogP contribution in [0.2, 0.25) is 0 Å². The van der Waals surface area contributed by atoms with Crippen molar-refractivity contribution < 1.29 is 28.5 Å². The van der Waals surface area contributed by atoms with Gasteiger partial charge >= 0.3 is 5.97 Å². The molecule has 0 bridgehead atoms. The molecule has 10 nitrogen and oxygen atoms in total. The lowest BCUT2D eigenvalue weighted by Crippen LogP contribution is -2.49. The van der Waals surface area contributed by atoms with Gasteiger partial charge in [-0.05, 0) is 56.2 Å². The topological polar surface area (TPSA) is 103 Å². The van der Waals surface area contributed by atoms with Crippen LogP contribution in [-0.4, -0.2) is 80.9 Å². The standard InChI is InChI=1S/C27H32N4O6/c1-7-37-27(33)23-25(29-20-13-17(3)16(2)12-19(20)28-23)30-8-10-31(11-9-30)26(32)18-14-21(34-4)24(36-6)22(15-18)35-5/h12-15H,7-11H2,1-6H3. The molecule has 4 rings (SSSR count). The zero-order valence-corrected chi connectivity index (χ0v) is 22.1. The predicted molar refractivity (Wildman–Crippen MR) is 139 cm³/mol. The zero-order valence-electron chi connectivity index (χ0n) is 22.1. The van der Waals surface area contributed by atoms with Gasteiger partial charge in [0.1, 0.15) is 0 Å². The second-order valence-electron chi connectivity index (χ2n) is 8.73. The van der Waals surface area contributed by atoms with Gasteiger partial charge in [0, 0.05) is 31.7 Å². The fourth-order valence-electron chi connectivity index (χ4n) is 4.37. The number of ether oxygens (including phenoxy) is 4. The van der Waals surface area contributed by atoms with Crippen LogP contribution in [0.5, 0.6) is 17.2 Å². The van der Waals surface area contributed by atoms with Crippen molar-refractivity contribution in [2.24, 2.45) is 0 Å². The van der Waals surface area contributed by atoms with Crippen LogP contribution in [0.15, 0.2) is 24.3 Å². The Hall–Kier alpha value is -4.08. The summed E-state index contributed by atoms with van der Waals surface area (Å²) in [5.74, 6) is 1.06. The van der Waals surface area contributed by atoms with Gasteiger partial charge in [-0.2, -0.15) is 0 Å². The van der Waals surface area contributed by atoms with Gasteiger partial charge in [-0.25, -0.2) is 14.8 Å². The Morgan fingerprint density at radius 2 is 1.41 bits per heavy atom. The van der Waals surface area contributed by atoms with Crippen LogP contribution < -0.4 is 19.1 Å². The molecule has 1 aliphatic heterocycles. The van der Waals surface area contributed by atoms with E-state index in [-0.39, 0.29) is 18.2 Å². The number of piperazine rings is 1. The van der Waals surface area contributed by atoms with Crippen molar-refractivity contribution in [2.75, 3.05) is 59.0 Å². The summed E-state index contributed by atoms with van der Waals surface area (Å²) in [6.07, 6.45) is 0. The Morgan fingerprint density at radius 3 is 1.92 bits per heavy atom. The van der Waals surface area contributed by atoms with E-state index in [0.29, 0.717) is 65.8 Å². The number of carbonyl (C=O) groups is 2. The highest BCUT2D eigenvalue weighted by atomic mass is 16.5. The summed E-state index contributed by atoms with van der Waals surface area (Å²) in [6, 6.07) is 7.20. The molecule has 0 radical (unpaired) electrons. The summed E-state index contributed by atoms with van der Waals surface area (Å²) < 4.78 is 21.4. The quantitative estimate of drug-likeness (QED) is 0.444. The molecule has 0 spiro atoms. The van der Waals surface area contributed by atoms with Crippen LogP contribution in [0.4, 0.5) is 5.82 Å². The third-order valence-corrected chi connectivity index (χ3v) is 6.51. The number of benzene rings is 2. The van der Waals surface area contributed by atoms with Crippen molar-refractivity contribution in [3.63, 3.8) is 0 Å². The molecular formula is C27H32N4O6. The lowest BCUT2D eigenvalue weighted by atomic mass is 10.1. The van der Waals surface area contributed by atoms with E-state index in [9.17, 15) is 9.59 Å². The molecular weight excluding hydrogens is 476 g/mol. The summed E-state index contributed by atoms with van der Waals surface area (Å²) in [7, 11) is 4.54. The molecule has 1 aliphatic rings. The van der Waals surface area contributed by atoms with Crippen molar-refractivity contribution in [3.8, 4) is 17.2 Å². The monoisotopic (exact) mass is 508 g/mol. The normalized spacial score (nSPS) is 13.5. The minimum atomic E-state index is -0.513. The minimum absolute atomic E-state index is 0.153. The number of fused-ring (bicyclic) bond motifs is 1. The second-order valence-corrected chi connectivity index (χ2v) is 8.73. The number of aromatic nitrogens is 2. The van der Waals surface area contributed by atoms with Gasteiger partial charge in [-0.3, -0.25) is 4.79 Å². The van der Waals surface area contributed by atoms with Crippen molar-refractivity contribution >= 4 is 28.7 Å². The highest BCUT2D eigenvalue weighted by Crippen LogP contribution is 2.38. The predicted octanol–water partition coefficient (Wildman–Crippen LogP) is 3.41. The Morgan fingerprint density at radius 1 is 0.838 bits per heavy atom. The fraction of sp³-hybridized carbons (Fsp3) is 0.407. The molecule has 1 fully saturated rings. The van der Waals surface area contributed by atoms with E-state index < -0.39 is 5.97 Å². The second kappa shape index (κ2) is 10.9. The number of amides is 1. The molecule has 0 aliphatic carbocycles. The third kappa shape index (κ3) is 5.09. The molecule has 10 heteroatoms. The first-order chi connectivity index (χ1) is 17.8. The fourth-order valence-corrected chi connectivity index (χ4v) is 4.37. The SMILES string of the molecule is CCOC(=O)c1nc2cc(C)c(C)cc2nc1N1CCN(C(=O)c2cc(OC)c(OC)c(OC)c2)CC1. The van der Waals surface area contributed by atoms with Gasteiger partial charge in [0.15, 0.2) is 23.0 Å². The van der Waals surface area contributed by atoms with E-state index in [1.54, 1.807) is 24.0 Å². The molecule has 37 heavy (non-hydrogen) atoms. The van der Waals surface area contributed by atoms with E-state index in [0.717, 1.165) is 11.1 Å². The Kier molecular flexibility index (Phi) is 7.66. The highest BCUT2D eigenvalue weighted by Gasteiger charge is 2.29. The van der Waals surface area contributed by atoms with Crippen LogP contribution in [0.3, 0.4) is 0 Å². The smallest absolute Gasteiger partial charge is 0.360 e. The van der Waals surface area contributed by atoms with E-state index in [1.807, 2.05) is 30.9 Å². The average Bonchev–Trinajstić information content (AvgIpc) is 2.92. The molecule has 3 aromatic rings. The largest absolute Gasteiger partial charge is 0.493 e. The molecule has 1 saturated heterocycles. The van der Waals surface area contributed by atoms with Gasteiger partial charge in [0.25, 0.3) is 5.91 Å². The van der Waals surface area contributed by atoms with Crippen molar-refractivity contribution in [1.82, 2.24) is 14.9 Å². The lowest BCUT2D eigenvalue weighted by molar-refractivity contribution is 0.0519. The van der Waals surface area contributed by atoms with Gasteiger partial charge in [0.2, 0.25) is 5.75 Å². The number of nitrogens with zero attached hydrogens (tertiary/aromatic N) is 4. The number of esters is 1. The van der Waals surface area contributed by atoms with Gasteiger partial charge in [-0.1, -0.05) is 0 Å². The maximum absolute atomic E-state index is 13.3. The molecule has 0 saturated carbocycles. The van der Waals surface area contributed by atoms with Crippen LogP contribution >= 0.6 is 0 Å². The minimum Gasteiger partial charge on any atom is -0.493 e. The molecule has 1 aromatic heterocycles. The van der Waals surface area contributed by atoms with Crippen molar-refractivity contribution in [2.45, 2.75) is 20.8 Å². The van der Waals surface area contributed by atoms with Crippen LogP contribution in [0, 0.1) is 13.8 Å². The number of hydrogen-bond acceptors (Lipinski definition) is 9. The summed E-state index contributed by atoms with van der Waals surface area (Å²) in [5.41, 5.74) is 4.14. The first-order valence-electron chi connectivity index (χ1n) is 12.1. The van der Waals surface area contributed by atoms with Crippen molar-refractivity contribution in [1.29, 1.82) is 0 Å². The average molecular weight is 509 g/mol. The molecule has 0 unspecified atom stereocenters. The first kappa shape index (κ1) is 26.0. The van der Waals surface area contributed by atoms with Crippen molar-refractivity contribution in [3.05, 3.63) is 46.6 Å². The van der Waals surface area contributed by atoms with Gasteiger partial charge in [-0.15, -0.1) is 0 Å². The summed E-state index contributed by atoms with van der Waals surface area (Å²) in [5, 5.41) is 0. The van der Waals surface area contributed by atoms with Crippen LogP contribution in [0.1, 0.15) is 38.9 Å². The molecule has 2 aromatic carbocycles. The summed E-state index contributed by atoms with van der Waals surface area (Å²) >= 11 is 0. The summed E-state index contributed by atoms with van der Waals surface area (Å²) in [4.78, 5) is 39.3. The Bertz CT molecular complexity index is 1310. The number of rotatable bonds is 7. The highest BCUT2D eigenvalue weighted by molar-refractivity contribution is 5.97.